The number of pyridine rings is 1. The summed E-state index contributed by atoms with van der Waals surface area (Å²) < 4.78 is 40.5. The van der Waals surface area contributed by atoms with Gasteiger partial charge in [0.15, 0.2) is 5.65 Å². The molecule has 188 valence electrons. The number of imidazole rings is 1. The predicted octanol–water partition coefficient (Wildman–Crippen LogP) is 6.82. The van der Waals surface area contributed by atoms with Crippen molar-refractivity contribution >= 4 is 64.4 Å². The van der Waals surface area contributed by atoms with Gasteiger partial charge in [-0.1, -0.05) is 35.3 Å². The number of nitrogens with one attached hydrogen (secondary N) is 2. The van der Waals surface area contributed by atoms with Gasteiger partial charge in [-0.15, -0.1) is 12.4 Å². The van der Waals surface area contributed by atoms with E-state index in [-0.39, 0.29) is 40.1 Å². The third-order valence-corrected chi connectivity index (χ3v) is 5.82. The Balaban J connectivity index is 0.00000361. The topological polar surface area (TPSA) is 75.5 Å². The molecule has 12 heteroatoms. The van der Waals surface area contributed by atoms with Crippen LogP contribution >= 0.6 is 35.6 Å². The molecule has 2 aromatic carbocycles. The van der Waals surface area contributed by atoms with Gasteiger partial charge in [-0.25, -0.2) is 4.98 Å². The molecule has 36 heavy (non-hydrogen) atoms. The molecule has 0 aliphatic heterocycles. The van der Waals surface area contributed by atoms with Crippen molar-refractivity contribution in [2.75, 3.05) is 10.6 Å². The van der Waals surface area contributed by atoms with Gasteiger partial charge in [0.05, 0.1) is 44.7 Å². The van der Waals surface area contributed by atoms with E-state index in [1.807, 2.05) is 0 Å². The number of rotatable bonds is 5. The molecule has 2 N–H and O–H groups in total. The highest BCUT2D eigenvalue weighted by Gasteiger charge is 2.30. The van der Waals surface area contributed by atoms with Gasteiger partial charge in [0.25, 0.3) is 5.91 Å². The number of nitrogens with zero attached hydrogens (tertiary/aromatic N) is 2. The molecule has 0 unspecified atom stereocenters. The summed E-state index contributed by atoms with van der Waals surface area (Å²) in [4.78, 5) is 29.9. The summed E-state index contributed by atoms with van der Waals surface area (Å²) in [6.07, 6.45) is -3.01. The Morgan fingerprint density at radius 3 is 2.33 bits per heavy atom. The number of anilines is 2. The van der Waals surface area contributed by atoms with E-state index in [9.17, 15) is 22.8 Å². The van der Waals surface area contributed by atoms with E-state index in [2.05, 4.69) is 15.6 Å². The number of amides is 2. The van der Waals surface area contributed by atoms with Crippen LogP contribution in [-0.4, -0.2) is 21.2 Å². The number of halogens is 6. The maximum Gasteiger partial charge on any atom is 0.416 e. The number of aromatic nitrogens is 2. The third kappa shape index (κ3) is 5.75. The molecule has 0 spiro atoms. The summed E-state index contributed by atoms with van der Waals surface area (Å²) in [6.45, 7) is 1.69. The number of aryl methyl sites for hydroxylation is 1. The van der Waals surface area contributed by atoms with Gasteiger partial charge in [-0.05, 0) is 49.4 Å². The fourth-order valence-electron chi connectivity index (χ4n) is 3.57. The first kappa shape index (κ1) is 27.3. The van der Waals surface area contributed by atoms with Crippen LogP contribution in [0.25, 0.3) is 5.65 Å². The average Bonchev–Trinajstić information content (AvgIpc) is 3.09. The number of hydrogen-bond donors (Lipinski definition) is 2. The monoisotopic (exact) mass is 556 g/mol. The predicted molar refractivity (Wildman–Crippen MR) is 135 cm³/mol. The van der Waals surface area contributed by atoms with Crippen LogP contribution in [0.2, 0.25) is 10.0 Å². The second-order valence-corrected chi connectivity index (χ2v) is 8.43. The largest absolute Gasteiger partial charge is 0.416 e. The highest BCUT2D eigenvalue weighted by molar-refractivity contribution is 6.40. The van der Waals surface area contributed by atoms with E-state index in [0.717, 1.165) is 12.1 Å². The van der Waals surface area contributed by atoms with E-state index < -0.39 is 23.6 Å². The smallest absolute Gasteiger partial charge is 0.326 e. The second kappa shape index (κ2) is 10.8. The lowest BCUT2D eigenvalue weighted by Gasteiger charge is -2.11. The third-order valence-electron chi connectivity index (χ3n) is 5.19. The van der Waals surface area contributed by atoms with Crippen LogP contribution in [0.15, 0.2) is 60.8 Å². The van der Waals surface area contributed by atoms with Gasteiger partial charge in [0, 0.05) is 11.9 Å². The fourth-order valence-corrected chi connectivity index (χ4v) is 4.14. The maximum absolute atomic E-state index is 12.9. The zero-order chi connectivity index (χ0) is 25.3. The normalized spacial score (nSPS) is 11.2. The summed E-state index contributed by atoms with van der Waals surface area (Å²) >= 11 is 12.2. The van der Waals surface area contributed by atoms with Gasteiger partial charge < -0.3 is 15.0 Å². The van der Waals surface area contributed by atoms with E-state index >= 15 is 0 Å². The van der Waals surface area contributed by atoms with Gasteiger partial charge in [0.1, 0.15) is 0 Å². The molecular weight excluding hydrogens is 540 g/mol. The summed E-state index contributed by atoms with van der Waals surface area (Å²) in [5, 5.41) is 5.60. The summed E-state index contributed by atoms with van der Waals surface area (Å²) in [5.41, 5.74) is 1.05. The minimum Gasteiger partial charge on any atom is -0.326 e. The molecule has 0 saturated heterocycles. The number of fused-ring (bicyclic) bond motifs is 1. The zero-order valence-corrected chi connectivity index (χ0v) is 20.8. The van der Waals surface area contributed by atoms with Crippen LogP contribution in [0.4, 0.5) is 24.5 Å². The molecule has 0 radical (unpaired) electrons. The van der Waals surface area contributed by atoms with Crippen LogP contribution in [0.5, 0.6) is 0 Å². The molecule has 2 amide bonds. The van der Waals surface area contributed by atoms with Gasteiger partial charge >= 0.3 is 6.18 Å². The summed E-state index contributed by atoms with van der Waals surface area (Å²) in [6, 6.07) is 12.4. The number of benzene rings is 2. The SMILES string of the molecule is Cc1nc2c(NC(=O)c3c(Cl)cccc3Cl)cccn2c1CC(=O)Nc1cccc(C(F)(F)F)c1.Cl. The lowest BCUT2D eigenvalue weighted by atomic mass is 10.2. The molecule has 0 fully saturated rings. The molecule has 4 rings (SSSR count). The first-order valence-electron chi connectivity index (χ1n) is 10.2. The lowest BCUT2D eigenvalue weighted by molar-refractivity contribution is -0.137. The van der Waals surface area contributed by atoms with Crippen LogP contribution in [-0.2, 0) is 17.4 Å². The molecule has 2 aromatic heterocycles. The minimum absolute atomic E-state index is 0. The number of carbonyl (C=O) groups excluding carboxylic acids is 2. The van der Waals surface area contributed by atoms with E-state index in [1.165, 1.54) is 12.1 Å². The molecule has 6 nitrogen and oxygen atoms in total. The molecule has 2 heterocycles. The Bertz CT molecular complexity index is 1430. The summed E-state index contributed by atoms with van der Waals surface area (Å²) in [5.74, 6) is -1.05. The van der Waals surface area contributed by atoms with Gasteiger partial charge in [-0.2, -0.15) is 13.2 Å². The van der Waals surface area contributed by atoms with Crippen molar-refractivity contribution in [3.8, 4) is 0 Å². The molecular formula is C24H18Cl3F3N4O2. The van der Waals surface area contributed by atoms with Crippen molar-refractivity contribution in [2.24, 2.45) is 0 Å². The van der Waals surface area contributed by atoms with Crippen molar-refractivity contribution in [1.29, 1.82) is 0 Å². The Hall–Kier alpha value is -3.27. The first-order chi connectivity index (χ1) is 16.5. The maximum atomic E-state index is 12.9. The Morgan fingerprint density at radius 2 is 1.67 bits per heavy atom. The van der Waals surface area contributed by atoms with Crippen molar-refractivity contribution in [2.45, 2.75) is 19.5 Å². The molecule has 0 saturated carbocycles. The molecule has 0 aliphatic rings. The van der Waals surface area contributed by atoms with Crippen molar-refractivity contribution < 1.29 is 22.8 Å². The Labute approximate surface area is 219 Å². The second-order valence-electron chi connectivity index (χ2n) is 7.61. The molecule has 0 atom stereocenters. The standard InChI is InChI=1S/C24H17Cl2F3N4O2.ClH/c1-13-19(12-20(34)31-15-6-2-5-14(11-15)24(27,28)29)33-10-4-9-18(22(33)30-13)32-23(35)21-16(25)7-3-8-17(21)26;/h2-11H,12H2,1H3,(H,31,34)(H,32,35);1H. The van der Waals surface area contributed by atoms with Crippen LogP contribution in [0.3, 0.4) is 0 Å². The quantitative estimate of drug-likeness (QED) is 0.283. The lowest BCUT2D eigenvalue weighted by Crippen LogP contribution is -2.17. The van der Waals surface area contributed by atoms with Crippen molar-refractivity contribution in [3.05, 3.63) is 93.4 Å². The van der Waals surface area contributed by atoms with Gasteiger partial charge in [0.2, 0.25) is 5.91 Å². The fraction of sp³-hybridized carbons (Fsp3) is 0.125. The van der Waals surface area contributed by atoms with Crippen molar-refractivity contribution in [3.63, 3.8) is 0 Å². The Morgan fingerprint density at radius 1 is 1.00 bits per heavy atom. The van der Waals surface area contributed by atoms with Crippen molar-refractivity contribution in [1.82, 2.24) is 9.38 Å². The van der Waals surface area contributed by atoms with E-state index in [4.69, 9.17) is 23.2 Å². The number of alkyl halides is 3. The minimum atomic E-state index is -4.52. The molecule has 0 aliphatic carbocycles. The highest BCUT2D eigenvalue weighted by atomic mass is 35.5. The van der Waals surface area contributed by atoms with Gasteiger partial charge in [-0.3, -0.25) is 9.59 Å². The van der Waals surface area contributed by atoms with Crippen LogP contribution in [0.1, 0.15) is 27.3 Å². The van der Waals surface area contributed by atoms with E-state index in [1.54, 1.807) is 47.9 Å². The summed E-state index contributed by atoms with van der Waals surface area (Å²) in [7, 11) is 0. The van der Waals surface area contributed by atoms with Crippen LogP contribution in [0, 0.1) is 6.92 Å². The van der Waals surface area contributed by atoms with E-state index in [0.29, 0.717) is 22.7 Å². The molecule has 0 bridgehead atoms. The highest BCUT2D eigenvalue weighted by Crippen LogP contribution is 2.31. The average molecular weight is 558 g/mol. The first-order valence-corrected chi connectivity index (χ1v) is 11.0. The number of carbonyl (C=O) groups is 2. The van der Waals surface area contributed by atoms with Crippen LogP contribution < -0.4 is 10.6 Å². The molecule has 4 aromatic rings. The Kier molecular flexibility index (Phi) is 8.18. The number of hydrogen-bond acceptors (Lipinski definition) is 3. The zero-order valence-electron chi connectivity index (χ0n) is 18.5.